The van der Waals surface area contributed by atoms with Crippen LogP contribution < -0.4 is 0 Å². The van der Waals surface area contributed by atoms with Gasteiger partial charge >= 0.3 is 0 Å². The summed E-state index contributed by atoms with van der Waals surface area (Å²) in [5.74, 6) is 0. The first-order chi connectivity index (χ1) is 26.0. The Kier molecular flexibility index (Phi) is 7.94. The highest BCUT2D eigenvalue weighted by molar-refractivity contribution is 6.23. The van der Waals surface area contributed by atoms with Crippen LogP contribution in [0.1, 0.15) is 34.7 Å². The summed E-state index contributed by atoms with van der Waals surface area (Å²) < 4.78 is 2.44. The first-order valence-electron chi connectivity index (χ1n) is 18.5. The van der Waals surface area contributed by atoms with Crippen LogP contribution in [-0.2, 0) is 0 Å². The first kappa shape index (κ1) is 32.5. The summed E-state index contributed by atoms with van der Waals surface area (Å²) >= 11 is 0. The van der Waals surface area contributed by atoms with Gasteiger partial charge in [-0.3, -0.25) is 0 Å². The van der Waals surface area contributed by atoms with Crippen LogP contribution in [0.5, 0.6) is 0 Å². The van der Waals surface area contributed by atoms with Gasteiger partial charge in [0.05, 0.1) is 16.6 Å². The van der Waals surface area contributed by atoms with Crippen molar-refractivity contribution in [3.8, 4) is 22.3 Å². The van der Waals surface area contributed by atoms with Crippen LogP contribution in [-0.4, -0.2) is 4.40 Å². The van der Waals surface area contributed by atoms with Crippen molar-refractivity contribution in [1.82, 2.24) is 4.40 Å². The van der Waals surface area contributed by atoms with Crippen molar-refractivity contribution in [2.45, 2.75) is 27.7 Å². The van der Waals surface area contributed by atoms with E-state index in [1.54, 1.807) is 0 Å². The maximum Gasteiger partial charge on any atom is 0.0620 e. The van der Waals surface area contributed by atoms with Gasteiger partial charge in [-0.25, -0.2) is 0 Å². The zero-order valence-electron chi connectivity index (χ0n) is 30.7. The van der Waals surface area contributed by atoms with E-state index in [2.05, 4.69) is 196 Å². The van der Waals surface area contributed by atoms with Crippen molar-refractivity contribution in [1.29, 1.82) is 0 Å². The van der Waals surface area contributed by atoms with Crippen molar-refractivity contribution in [2.75, 3.05) is 0 Å². The molecule has 0 unspecified atom stereocenters. The molecule has 0 aliphatic carbocycles. The van der Waals surface area contributed by atoms with E-state index in [4.69, 9.17) is 0 Å². The lowest BCUT2D eigenvalue weighted by atomic mass is 9.90. The summed E-state index contributed by atoms with van der Waals surface area (Å²) in [5.41, 5.74) is 15.4. The standard InChI is InChI=1S/C32H23N.C20H18/c1-20-8-3-4-9-24(20)28-18-22(15-14-21(28)2)23-16-17-31-29(19-23)27-12-7-11-26-25-10-5-6-13-30(25)33(31)32(26)27;1-4-8-16-15(5-2)19-12-11-14(3)13-20(19)18-10-7-6-9-17(16)18/h3-19H,1-2H3;4-13H,2H2,1,3H3/b;8-4-. The predicted octanol–water partition coefficient (Wildman–Crippen LogP) is 14.8. The van der Waals surface area contributed by atoms with Crippen LogP contribution in [0.2, 0.25) is 0 Å². The number of para-hydroxylation sites is 2. The fraction of sp³-hybridized carbons (Fsp3) is 0.0769. The van der Waals surface area contributed by atoms with Gasteiger partial charge in [0.15, 0.2) is 0 Å². The minimum atomic E-state index is 1.22. The number of benzene rings is 8. The Bertz CT molecular complexity index is 3060. The van der Waals surface area contributed by atoms with Crippen molar-refractivity contribution < 1.29 is 0 Å². The van der Waals surface area contributed by atoms with E-state index in [1.807, 2.05) is 6.08 Å². The molecule has 1 heteroatoms. The molecule has 10 rings (SSSR count). The maximum atomic E-state index is 4.02. The molecule has 0 saturated heterocycles. The van der Waals surface area contributed by atoms with Gasteiger partial charge in [0, 0.05) is 21.5 Å². The Morgan fingerprint density at radius 2 is 1.08 bits per heavy atom. The van der Waals surface area contributed by atoms with E-state index in [0.717, 1.165) is 0 Å². The number of fused-ring (bicyclic) bond motifs is 9. The van der Waals surface area contributed by atoms with E-state index < -0.39 is 0 Å². The summed E-state index contributed by atoms with van der Waals surface area (Å²) in [4.78, 5) is 0. The van der Waals surface area contributed by atoms with Gasteiger partial charge in [-0.15, -0.1) is 0 Å². The first-order valence-corrected chi connectivity index (χ1v) is 18.5. The Hall–Kier alpha value is -6.44. The fourth-order valence-corrected chi connectivity index (χ4v) is 8.50. The normalized spacial score (nSPS) is 11.8. The lowest BCUT2D eigenvalue weighted by Gasteiger charge is -2.13. The number of nitrogens with zero attached hydrogens (tertiary/aromatic N) is 1. The second kappa shape index (κ2) is 13.0. The minimum absolute atomic E-state index is 1.22. The Balaban J connectivity index is 0.000000160. The third-order valence-electron chi connectivity index (χ3n) is 11.0. The second-order valence-electron chi connectivity index (χ2n) is 14.3. The topological polar surface area (TPSA) is 4.41 Å². The number of aryl methyl sites for hydroxylation is 3. The summed E-state index contributed by atoms with van der Waals surface area (Å²) in [5, 5.41) is 10.5. The molecule has 0 amide bonds. The minimum Gasteiger partial charge on any atom is -0.308 e. The average molecular weight is 680 g/mol. The van der Waals surface area contributed by atoms with Crippen LogP contribution in [0.25, 0.3) is 94.0 Å². The quantitative estimate of drug-likeness (QED) is 0.163. The molecule has 254 valence electrons. The van der Waals surface area contributed by atoms with Gasteiger partial charge in [0.25, 0.3) is 0 Å². The molecule has 0 atom stereocenters. The molecule has 0 fully saturated rings. The molecule has 0 saturated carbocycles. The van der Waals surface area contributed by atoms with Gasteiger partial charge in [-0.2, -0.15) is 0 Å². The van der Waals surface area contributed by atoms with E-state index >= 15 is 0 Å². The Morgan fingerprint density at radius 1 is 0.453 bits per heavy atom. The monoisotopic (exact) mass is 679 g/mol. The molecule has 8 aromatic carbocycles. The second-order valence-corrected chi connectivity index (χ2v) is 14.3. The summed E-state index contributed by atoms with van der Waals surface area (Å²) in [7, 11) is 0. The Morgan fingerprint density at radius 3 is 1.87 bits per heavy atom. The molecular formula is C52H41N. The maximum absolute atomic E-state index is 4.02. The van der Waals surface area contributed by atoms with Crippen molar-refractivity contribution >= 4 is 71.8 Å². The van der Waals surface area contributed by atoms with Gasteiger partial charge < -0.3 is 4.40 Å². The number of allylic oxidation sites excluding steroid dienone is 1. The molecule has 2 heterocycles. The van der Waals surface area contributed by atoms with Gasteiger partial charge in [0.1, 0.15) is 0 Å². The number of aromatic nitrogens is 1. The molecule has 0 bridgehead atoms. The van der Waals surface area contributed by atoms with Crippen LogP contribution in [0.15, 0.2) is 158 Å². The van der Waals surface area contributed by atoms with E-state index in [0.29, 0.717) is 0 Å². The van der Waals surface area contributed by atoms with E-state index in [-0.39, 0.29) is 0 Å². The van der Waals surface area contributed by atoms with Gasteiger partial charge in [-0.05, 0) is 118 Å². The number of hydrogen-bond donors (Lipinski definition) is 0. The van der Waals surface area contributed by atoms with Gasteiger partial charge in [-0.1, -0.05) is 152 Å². The lowest BCUT2D eigenvalue weighted by Crippen LogP contribution is -1.89. The molecule has 0 N–H and O–H groups in total. The largest absolute Gasteiger partial charge is 0.308 e. The molecule has 0 spiro atoms. The van der Waals surface area contributed by atoms with Crippen molar-refractivity contribution in [2.24, 2.45) is 0 Å². The summed E-state index contributed by atoms with van der Waals surface area (Å²) in [6.07, 6.45) is 6.24. The van der Waals surface area contributed by atoms with Crippen LogP contribution in [0, 0.1) is 20.8 Å². The average Bonchev–Trinajstić information content (AvgIpc) is 3.71. The summed E-state index contributed by atoms with van der Waals surface area (Å²) in [6.45, 7) is 12.6. The molecule has 1 nitrogen and oxygen atoms in total. The molecule has 53 heavy (non-hydrogen) atoms. The van der Waals surface area contributed by atoms with E-state index in [1.165, 1.54) is 110 Å². The Labute approximate surface area is 311 Å². The van der Waals surface area contributed by atoms with E-state index in [9.17, 15) is 0 Å². The highest BCUT2D eigenvalue weighted by atomic mass is 14.9. The molecular weight excluding hydrogens is 639 g/mol. The fourth-order valence-electron chi connectivity index (χ4n) is 8.50. The lowest BCUT2D eigenvalue weighted by molar-refractivity contribution is 1.37. The number of hydrogen-bond acceptors (Lipinski definition) is 0. The zero-order chi connectivity index (χ0) is 36.2. The third-order valence-corrected chi connectivity index (χ3v) is 11.0. The third kappa shape index (κ3) is 5.23. The molecule has 10 aromatic rings. The molecule has 0 aliphatic heterocycles. The highest BCUT2D eigenvalue weighted by Gasteiger charge is 2.17. The molecule has 2 aromatic heterocycles. The van der Waals surface area contributed by atoms with Crippen LogP contribution in [0.3, 0.4) is 0 Å². The van der Waals surface area contributed by atoms with Crippen molar-refractivity contribution in [3.05, 3.63) is 186 Å². The van der Waals surface area contributed by atoms with Crippen LogP contribution in [0.4, 0.5) is 0 Å². The highest BCUT2D eigenvalue weighted by Crippen LogP contribution is 2.41. The zero-order valence-corrected chi connectivity index (χ0v) is 30.7. The van der Waals surface area contributed by atoms with Gasteiger partial charge in [0.2, 0.25) is 0 Å². The number of rotatable bonds is 4. The predicted molar refractivity (Wildman–Crippen MR) is 232 cm³/mol. The smallest absolute Gasteiger partial charge is 0.0620 e. The van der Waals surface area contributed by atoms with Crippen LogP contribution >= 0.6 is 0 Å². The SMILES string of the molecule is C=Cc1c(/C=C\C)c2ccccc2c2cc(C)ccc12.Cc1ccccc1-c1cc(-c2ccc3c(c2)c2cccc4c5ccccc5n3c42)ccc1C. The summed E-state index contributed by atoms with van der Waals surface area (Å²) in [6, 6.07) is 53.2. The molecule has 0 radical (unpaired) electrons. The van der Waals surface area contributed by atoms with Crippen molar-refractivity contribution in [3.63, 3.8) is 0 Å². The molecule has 0 aliphatic rings.